The maximum Gasteiger partial charge on any atom is 0.253 e. The lowest BCUT2D eigenvalue weighted by atomic mass is 9.57. The fraction of sp³-hybridized carbons (Fsp3) is 0.444. The van der Waals surface area contributed by atoms with Gasteiger partial charge in [-0.2, -0.15) is 0 Å². The number of fused-ring (bicyclic) bond motifs is 3. The molecule has 0 radical (unpaired) electrons. The molecule has 0 spiro atoms. The van der Waals surface area contributed by atoms with Gasteiger partial charge >= 0.3 is 0 Å². The van der Waals surface area contributed by atoms with E-state index in [4.69, 9.17) is 5.73 Å². The van der Waals surface area contributed by atoms with Crippen LogP contribution in [0.1, 0.15) is 25.8 Å². The normalized spacial score (nSPS) is 28.8. The minimum atomic E-state index is -1.19. The maximum absolute atomic E-state index is 12.5. The van der Waals surface area contributed by atoms with Crippen molar-refractivity contribution in [2.24, 2.45) is 11.1 Å². The zero-order chi connectivity index (χ0) is 17.7. The van der Waals surface area contributed by atoms with Crippen molar-refractivity contribution < 1.29 is 14.7 Å². The molecule has 2 aliphatic heterocycles. The van der Waals surface area contributed by atoms with E-state index in [0.29, 0.717) is 0 Å². The number of nitrogens with two attached hydrogens (primary N) is 1. The monoisotopic (exact) mass is 329 g/mol. The summed E-state index contributed by atoms with van der Waals surface area (Å²) in [6.07, 6.45) is 0.447. The summed E-state index contributed by atoms with van der Waals surface area (Å²) < 4.78 is 0. The number of anilines is 1. The standard InChI is InChI=1S/C18H23N3O3/c1-4-17(2,3)18-9-13(22)15(24)21(10-14(19)23)16(18)20-12-8-6-5-7-11(12)18/h4-8,13,16,20,22H,1,9-10H2,2-3H3,(H2,19,23)/t13-,16+,18-/m1/s1. The Morgan fingerprint density at radius 1 is 1.54 bits per heavy atom. The highest BCUT2D eigenvalue weighted by molar-refractivity contribution is 5.89. The van der Waals surface area contributed by atoms with Crippen LogP contribution in [0.15, 0.2) is 36.9 Å². The van der Waals surface area contributed by atoms with Gasteiger partial charge in [-0.3, -0.25) is 9.59 Å². The number of primary amides is 1. The fourth-order valence-electron chi connectivity index (χ4n) is 4.17. The fourth-order valence-corrected chi connectivity index (χ4v) is 4.17. The number of carbonyl (C=O) groups is 2. The third-order valence-corrected chi connectivity index (χ3v) is 5.55. The van der Waals surface area contributed by atoms with Crippen LogP contribution in [0.2, 0.25) is 0 Å². The number of hydrogen-bond donors (Lipinski definition) is 3. The number of aliphatic hydroxyl groups excluding tert-OH is 1. The predicted octanol–water partition coefficient (Wildman–Crippen LogP) is 0.967. The number of aliphatic hydroxyl groups is 1. The molecule has 3 rings (SSSR count). The minimum absolute atomic E-state index is 0.240. The van der Waals surface area contributed by atoms with Crippen LogP contribution in [0, 0.1) is 5.41 Å². The molecule has 0 unspecified atom stereocenters. The summed E-state index contributed by atoms with van der Waals surface area (Å²) in [6.45, 7) is 7.78. The van der Waals surface area contributed by atoms with Gasteiger partial charge in [0.15, 0.2) is 0 Å². The summed E-state index contributed by atoms with van der Waals surface area (Å²) in [6, 6.07) is 7.78. The van der Waals surface area contributed by atoms with Crippen LogP contribution in [-0.2, 0) is 15.0 Å². The second-order valence-electron chi connectivity index (χ2n) is 7.14. The van der Waals surface area contributed by atoms with Crippen molar-refractivity contribution in [3.05, 3.63) is 42.5 Å². The van der Waals surface area contributed by atoms with Crippen LogP contribution < -0.4 is 11.1 Å². The van der Waals surface area contributed by atoms with E-state index < -0.39 is 34.9 Å². The minimum Gasteiger partial charge on any atom is -0.383 e. The van der Waals surface area contributed by atoms with E-state index >= 15 is 0 Å². The van der Waals surface area contributed by atoms with Gasteiger partial charge < -0.3 is 21.1 Å². The van der Waals surface area contributed by atoms with Crippen LogP contribution in [0.4, 0.5) is 5.69 Å². The number of nitrogens with zero attached hydrogens (tertiary/aromatic N) is 1. The van der Waals surface area contributed by atoms with Crippen molar-refractivity contribution in [1.82, 2.24) is 4.90 Å². The van der Waals surface area contributed by atoms with Gasteiger partial charge in [0.05, 0.1) is 0 Å². The Hall–Kier alpha value is -2.34. The molecule has 4 N–H and O–H groups in total. The molecule has 1 aromatic rings. The zero-order valence-electron chi connectivity index (χ0n) is 14.0. The van der Waals surface area contributed by atoms with E-state index in [1.807, 2.05) is 44.2 Å². The Kier molecular flexibility index (Phi) is 3.68. The molecule has 0 saturated carbocycles. The topological polar surface area (TPSA) is 95.7 Å². The molecule has 0 aromatic heterocycles. The molecule has 0 bridgehead atoms. The Morgan fingerprint density at radius 2 is 2.21 bits per heavy atom. The smallest absolute Gasteiger partial charge is 0.253 e. The molecular weight excluding hydrogens is 306 g/mol. The van der Waals surface area contributed by atoms with Gasteiger partial charge in [-0.05, 0) is 23.5 Å². The van der Waals surface area contributed by atoms with E-state index in [2.05, 4.69) is 11.9 Å². The van der Waals surface area contributed by atoms with Crippen LogP contribution in [-0.4, -0.2) is 40.6 Å². The summed E-state index contributed by atoms with van der Waals surface area (Å²) in [7, 11) is 0. The number of allylic oxidation sites excluding steroid dienone is 1. The number of benzene rings is 1. The lowest BCUT2D eigenvalue weighted by Crippen LogP contribution is -2.67. The molecule has 2 heterocycles. The highest BCUT2D eigenvalue weighted by Crippen LogP contribution is 2.57. The van der Waals surface area contributed by atoms with Gasteiger partial charge in [0.25, 0.3) is 5.91 Å². The van der Waals surface area contributed by atoms with Crippen molar-refractivity contribution in [2.45, 2.75) is 38.0 Å². The van der Waals surface area contributed by atoms with Crippen molar-refractivity contribution in [3.8, 4) is 0 Å². The molecule has 1 saturated heterocycles. The lowest BCUT2D eigenvalue weighted by molar-refractivity contribution is -0.156. The highest BCUT2D eigenvalue weighted by atomic mass is 16.3. The molecule has 2 amide bonds. The number of carbonyl (C=O) groups excluding carboxylic acids is 2. The van der Waals surface area contributed by atoms with Crippen LogP contribution >= 0.6 is 0 Å². The molecule has 0 aliphatic carbocycles. The quantitative estimate of drug-likeness (QED) is 0.717. The summed E-state index contributed by atoms with van der Waals surface area (Å²) >= 11 is 0. The number of hydrogen-bond acceptors (Lipinski definition) is 4. The molecule has 24 heavy (non-hydrogen) atoms. The van der Waals surface area contributed by atoms with Crippen molar-refractivity contribution >= 4 is 17.5 Å². The number of likely N-dealkylation sites (tertiary alicyclic amines) is 1. The molecular formula is C18H23N3O3. The van der Waals surface area contributed by atoms with E-state index in [1.54, 1.807) is 0 Å². The molecule has 1 aromatic carbocycles. The van der Waals surface area contributed by atoms with Gasteiger partial charge in [0.1, 0.15) is 18.8 Å². The molecule has 1 fully saturated rings. The Morgan fingerprint density at radius 3 is 2.83 bits per heavy atom. The summed E-state index contributed by atoms with van der Waals surface area (Å²) in [5.74, 6) is -1.09. The van der Waals surface area contributed by atoms with Gasteiger partial charge in [-0.1, -0.05) is 38.1 Å². The van der Waals surface area contributed by atoms with E-state index in [9.17, 15) is 14.7 Å². The maximum atomic E-state index is 12.5. The predicted molar refractivity (Wildman–Crippen MR) is 91.0 cm³/mol. The summed E-state index contributed by atoms with van der Waals surface area (Å²) in [5.41, 5.74) is 6.21. The summed E-state index contributed by atoms with van der Waals surface area (Å²) in [5, 5.41) is 13.8. The third kappa shape index (κ3) is 2.06. The van der Waals surface area contributed by atoms with Crippen molar-refractivity contribution in [1.29, 1.82) is 0 Å². The van der Waals surface area contributed by atoms with Crippen LogP contribution in [0.25, 0.3) is 0 Å². The van der Waals surface area contributed by atoms with Gasteiger partial charge in [0, 0.05) is 11.1 Å². The first kappa shape index (κ1) is 16.5. The third-order valence-electron chi connectivity index (χ3n) is 5.55. The zero-order valence-corrected chi connectivity index (χ0v) is 14.0. The Bertz CT molecular complexity index is 715. The van der Waals surface area contributed by atoms with Gasteiger partial charge in [0.2, 0.25) is 5.91 Å². The number of nitrogens with one attached hydrogen (secondary N) is 1. The largest absolute Gasteiger partial charge is 0.383 e. The highest BCUT2D eigenvalue weighted by Gasteiger charge is 2.62. The summed E-state index contributed by atoms with van der Waals surface area (Å²) in [4.78, 5) is 25.4. The van der Waals surface area contributed by atoms with E-state index in [1.165, 1.54) is 4.90 Å². The lowest BCUT2D eigenvalue weighted by Gasteiger charge is -2.54. The Labute approximate surface area is 141 Å². The van der Waals surface area contributed by atoms with E-state index in [0.717, 1.165) is 11.3 Å². The first-order chi connectivity index (χ1) is 11.2. The molecule has 3 atom stereocenters. The average molecular weight is 329 g/mol. The SMILES string of the molecule is C=CC(C)(C)[C@@]12C[C@@H](O)C(=O)N(CC(N)=O)[C@@H]1Nc1ccccc12. The number of amides is 2. The van der Waals surface area contributed by atoms with Gasteiger partial charge in [-0.15, -0.1) is 6.58 Å². The van der Waals surface area contributed by atoms with Crippen molar-refractivity contribution in [3.63, 3.8) is 0 Å². The molecule has 6 heteroatoms. The first-order valence-corrected chi connectivity index (χ1v) is 8.01. The molecule has 2 aliphatic rings. The number of piperidine rings is 1. The second kappa shape index (κ2) is 5.34. The van der Waals surface area contributed by atoms with Crippen LogP contribution in [0.3, 0.4) is 0 Å². The second-order valence-corrected chi connectivity index (χ2v) is 7.14. The van der Waals surface area contributed by atoms with Gasteiger partial charge in [-0.25, -0.2) is 0 Å². The van der Waals surface area contributed by atoms with Crippen LogP contribution in [0.5, 0.6) is 0 Å². The molecule has 6 nitrogen and oxygen atoms in total. The number of rotatable bonds is 4. The molecule has 128 valence electrons. The van der Waals surface area contributed by atoms with E-state index in [-0.39, 0.29) is 13.0 Å². The van der Waals surface area contributed by atoms with Crippen molar-refractivity contribution in [2.75, 3.05) is 11.9 Å². The first-order valence-electron chi connectivity index (χ1n) is 8.01. The average Bonchev–Trinajstić information content (AvgIpc) is 2.87. The number of para-hydroxylation sites is 1. The Balaban J connectivity index is 2.23.